The van der Waals surface area contributed by atoms with Crippen LogP contribution in [0.2, 0.25) is 0 Å². The molecule has 170 valence electrons. The second kappa shape index (κ2) is 11.1. The van der Waals surface area contributed by atoms with Gasteiger partial charge in [-0.15, -0.1) is 11.3 Å². The van der Waals surface area contributed by atoms with Gasteiger partial charge in [0.25, 0.3) is 11.5 Å². The van der Waals surface area contributed by atoms with Crippen LogP contribution in [0.3, 0.4) is 0 Å². The third kappa shape index (κ3) is 5.86. The van der Waals surface area contributed by atoms with Gasteiger partial charge in [-0.05, 0) is 31.0 Å². The summed E-state index contributed by atoms with van der Waals surface area (Å²) < 4.78 is 1.96. The summed E-state index contributed by atoms with van der Waals surface area (Å²) in [5.41, 5.74) is 1.36. The van der Waals surface area contributed by atoms with Gasteiger partial charge in [0.15, 0.2) is 5.57 Å². The van der Waals surface area contributed by atoms with Gasteiger partial charge in [0.05, 0.1) is 19.3 Å². The standard InChI is InChI=1S/C22H23N7O3S/c1-2-29-21(32)18(33-22(29)17(11-24)20(31)25-8-7-23)12-26-16-5-3-4-15(10-16)6-9-28-13-19(30)27-14-28/h3-5,10,12,26H,2,6,8-9,13-14H2,1H3,(H,25,31)(H,27,30). The fraction of sp³-hybridized carbons (Fsp3) is 0.318. The second-order valence-corrected chi connectivity index (χ2v) is 8.23. The fourth-order valence-electron chi connectivity index (χ4n) is 3.32. The molecule has 0 aliphatic carbocycles. The van der Waals surface area contributed by atoms with E-state index >= 15 is 0 Å². The molecule has 1 saturated heterocycles. The first-order valence-electron chi connectivity index (χ1n) is 10.3. The van der Waals surface area contributed by atoms with Gasteiger partial charge < -0.3 is 16.0 Å². The van der Waals surface area contributed by atoms with Crippen LogP contribution in [0.15, 0.2) is 29.1 Å². The number of anilines is 1. The first kappa shape index (κ1) is 23.7. The van der Waals surface area contributed by atoms with Gasteiger partial charge in [0.2, 0.25) is 5.91 Å². The van der Waals surface area contributed by atoms with Gasteiger partial charge >= 0.3 is 0 Å². The Hall–Kier alpha value is -3.93. The number of carbonyl (C=O) groups excluding carboxylic acids is 2. The summed E-state index contributed by atoms with van der Waals surface area (Å²) in [6, 6.07) is 11.4. The molecule has 2 heterocycles. The van der Waals surface area contributed by atoms with Crippen molar-refractivity contribution in [1.29, 1.82) is 10.5 Å². The quantitative estimate of drug-likeness (QED) is 0.426. The van der Waals surface area contributed by atoms with E-state index < -0.39 is 5.91 Å². The zero-order valence-corrected chi connectivity index (χ0v) is 18.9. The normalized spacial score (nSPS) is 14.9. The molecule has 3 N–H and O–H groups in total. The van der Waals surface area contributed by atoms with Gasteiger partial charge in [0.1, 0.15) is 21.8 Å². The highest BCUT2D eigenvalue weighted by molar-refractivity contribution is 7.07. The van der Waals surface area contributed by atoms with E-state index in [1.54, 1.807) is 19.2 Å². The Labute approximate surface area is 194 Å². The van der Waals surface area contributed by atoms with Gasteiger partial charge in [-0.25, -0.2) is 0 Å². The molecule has 0 unspecified atom stereocenters. The van der Waals surface area contributed by atoms with Gasteiger partial charge in [-0.3, -0.25) is 23.9 Å². The minimum absolute atomic E-state index is 0.0346. The summed E-state index contributed by atoms with van der Waals surface area (Å²) in [5.74, 6) is -0.656. The number of nitriles is 2. The van der Waals surface area contributed by atoms with Crippen molar-refractivity contribution in [3.63, 3.8) is 0 Å². The first-order chi connectivity index (χ1) is 16.0. The Balaban J connectivity index is 1.83. The summed E-state index contributed by atoms with van der Waals surface area (Å²) in [6.07, 6.45) is 2.33. The molecule has 1 aromatic heterocycles. The van der Waals surface area contributed by atoms with E-state index in [-0.39, 0.29) is 28.2 Å². The van der Waals surface area contributed by atoms with Crippen LogP contribution in [0.4, 0.5) is 5.69 Å². The largest absolute Gasteiger partial charge is 0.360 e. The zero-order valence-electron chi connectivity index (χ0n) is 18.1. The Morgan fingerprint density at radius 1 is 1.33 bits per heavy atom. The molecule has 0 radical (unpaired) electrons. The number of thiazole rings is 1. The van der Waals surface area contributed by atoms with E-state index in [0.29, 0.717) is 24.3 Å². The van der Waals surface area contributed by atoms with Crippen molar-refractivity contribution in [2.75, 3.05) is 31.6 Å². The first-order valence-corrected chi connectivity index (χ1v) is 11.1. The molecule has 33 heavy (non-hydrogen) atoms. The molecular weight excluding hydrogens is 442 g/mol. The molecule has 11 heteroatoms. The monoisotopic (exact) mass is 465 g/mol. The average Bonchev–Trinajstić information content (AvgIpc) is 3.38. The van der Waals surface area contributed by atoms with Crippen LogP contribution in [-0.2, 0) is 22.6 Å². The van der Waals surface area contributed by atoms with Crippen LogP contribution in [-0.4, -0.2) is 47.6 Å². The molecule has 1 fully saturated rings. The molecule has 0 atom stereocenters. The maximum Gasteiger partial charge on any atom is 0.270 e. The van der Waals surface area contributed by atoms with Gasteiger partial charge in [-0.1, -0.05) is 12.1 Å². The minimum Gasteiger partial charge on any atom is -0.360 e. The Bertz CT molecular complexity index is 1310. The van der Waals surface area contributed by atoms with Crippen LogP contribution in [0.25, 0.3) is 11.8 Å². The number of benzene rings is 1. The van der Waals surface area contributed by atoms with E-state index in [9.17, 15) is 19.6 Å². The Morgan fingerprint density at radius 2 is 2.15 bits per heavy atom. The predicted molar refractivity (Wildman–Crippen MR) is 124 cm³/mol. The molecule has 1 aliphatic rings. The number of amides is 2. The molecule has 1 aromatic carbocycles. The van der Waals surface area contributed by atoms with E-state index in [4.69, 9.17) is 5.26 Å². The summed E-state index contributed by atoms with van der Waals surface area (Å²) in [4.78, 5) is 38.4. The number of aromatic nitrogens is 1. The highest BCUT2D eigenvalue weighted by atomic mass is 32.1. The summed E-state index contributed by atoms with van der Waals surface area (Å²) in [5, 5.41) is 26.3. The molecule has 0 bridgehead atoms. The Kier molecular flexibility index (Phi) is 7.97. The van der Waals surface area contributed by atoms with Crippen molar-refractivity contribution in [3.05, 3.63) is 49.4 Å². The topological polar surface area (TPSA) is 143 Å². The third-order valence-corrected chi connectivity index (χ3v) is 6.12. The van der Waals surface area contributed by atoms with Gasteiger partial charge in [0, 0.05) is 25.0 Å². The zero-order chi connectivity index (χ0) is 23.8. The molecule has 2 aromatic rings. The molecule has 2 amide bonds. The van der Waals surface area contributed by atoms with Crippen molar-refractivity contribution < 1.29 is 9.59 Å². The van der Waals surface area contributed by atoms with Crippen molar-refractivity contribution in [2.24, 2.45) is 0 Å². The highest BCUT2D eigenvalue weighted by Gasteiger charge is 2.17. The lowest BCUT2D eigenvalue weighted by Gasteiger charge is -2.12. The van der Waals surface area contributed by atoms with Crippen LogP contribution in [0.5, 0.6) is 0 Å². The van der Waals surface area contributed by atoms with Crippen LogP contribution >= 0.6 is 11.3 Å². The molecule has 3 rings (SSSR count). The molecule has 1 aliphatic heterocycles. The highest BCUT2D eigenvalue weighted by Crippen LogP contribution is 2.12. The van der Waals surface area contributed by atoms with E-state index in [0.717, 1.165) is 35.6 Å². The van der Waals surface area contributed by atoms with Crippen LogP contribution in [0.1, 0.15) is 12.5 Å². The third-order valence-electron chi connectivity index (χ3n) is 4.99. The predicted octanol–water partition coefficient (Wildman–Crippen LogP) is -0.974. The maximum absolute atomic E-state index is 12.8. The minimum atomic E-state index is -0.690. The van der Waals surface area contributed by atoms with E-state index in [2.05, 4.69) is 16.0 Å². The number of carbonyl (C=O) groups is 2. The van der Waals surface area contributed by atoms with Crippen LogP contribution in [0, 0.1) is 22.7 Å². The fourth-order valence-corrected chi connectivity index (χ4v) is 4.41. The van der Waals surface area contributed by atoms with Crippen molar-refractivity contribution in [2.45, 2.75) is 19.9 Å². The van der Waals surface area contributed by atoms with Crippen molar-refractivity contribution >= 4 is 40.6 Å². The second-order valence-electron chi connectivity index (χ2n) is 7.20. The van der Waals surface area contributed by atoms with E-state index in [1.807, 2.05) is 35.2 Å². The SMILES string of the molecule is CCn1c(=C(C#N)C(=O)NCC#N)sc(=CNc2cccc(CCN3CNC(=O)C3)c2)c1=O. The molecule has 0 saturated carbocycles. The number of hydrogen-bond acceptors (Lipinski definition) is 8. The number of nitrogens with one attached hydrogen (secondary N) is 3. The lowest BCUT2D eigenvalue weighted by atomic mass is 10.1. The molecule has 0 spiro atoms. The summed E-state index contributed by atoms with van der Waals surface area (Å²) in [6.45, 7) is 3.54. The Morgan fingerprint density at radius 3 is 2.82 bits per heavy atom. The van der Waals surface area contributed by atoms with Crippen molar-refractivity contribution in [1.82, 2.24) is 20.1 Å². The lowest BCUT2D eigenvalue weighted by molar-refractivity contribution is -0.118. The van der Waals surface area contributed by atoms with Crippen molar-refractivity contribution in [3.8, 4) is 12.1 Å². The van der Waals surface area contributed by atoms with E-state index in [1.165, 1.54) is 4.57 Å². The maximum atomic E-state index is 12.8. The summed E-state index contributed by atoms with van der Waals surface area (Å²) >= 11 is 1.04. The molecular formula is C22H23N7O3S. The molecule has 10 nitrogen and oxygen atoms in total. The number of nitrogens with zero attached hydrogens (tertiary/aromatic N) is 4. The summed E-state index contributed by atoms with van der Waals surface area (Å²) in [7, 11) is 0. The number of hydrogen-bond donors (Lipinski definition) is 3. The van der Waals surface area contributed by atoms with Crippen LogP contribution < -0.4 is 30.7 Å². The lowest BCUT2D eigenvalue weighted by Crippen LogP contribution is -2.34. The smallest absolute Gasteiger partial charge is 0.270 e. The van der Waals surface area contributed by atoms with Gasteiger partial charge in [-0.2, -0.15) is 10.5 Å². The average molecular weight is 466 g/mol. The number of rotatable bonds is 8.